The number of thiazole rings is 1. The molecule has 3 aromatic rings. The molecular formula is C19H17FN2O3S. The normalized spacial score (nSPS) is 10.5. The number of ether oxygens (including phenoxy) is 2. The molecule has 3 rings (SSSR count). The van der Waals surface area contributed by atoms with Crippen molar-refractivity contribution >= 4 is 22.2 Å². The lowest BCUT2D eigenvalue weighted by Crippen LogP contribution is -2.11. The van der Waals surface area contributed by atoms with Crippen LogP contribution >= 0.6 is 11.3 Å². The SMILES string of the molecule is COc1ccc(C(=O)Nc2sc(C)nc2-c2ccc(F)c(OC)c2)cc1. The predicted octanol–water partition coefficient (Wildman–Crippen LogP) is 4.53. The molecule has 0 bridgehead atoms. The highest BCUT2D eigenvalue weighted by Crippen LogP contribution is 2.35. The molecule has 1 heterocycles. The fourth-order valence-corrected chi connectivity index (χ4v) is 3.27. The predicted molar refractivity (Wildman–Crippen MR) is 99.7 cm³/mol. The van der Waals surface area contributed by atoms with Gasteiger partial charge in [0, 0.05) is 11.1 Å². The number of halogens is 1. The lowest BCUT2D eigenvalue weighted by Gasteiger charge is -2.08. The molecule has 5 nitrogen and oxygen atoms in total. The first-order valence-corrected chi connectivity index (χ1v) is 8.60. The highest BCUT2D eigenvalue weighted by molar-refractivity contribution is 7.16. The van der Waals surface area contributed by atoms with E-state index in [1.807, 2.05) is 6.92 Å². The van der Waals surface area contributed by atoms with Crippen molar-refractivity contribution in [3.8, 4) is 22.8 Å². The summed E-state index contributed by atoms with van der Waals surface area (Å²) < 4.78 is 23.8. The third kappa shape index (κ3) is 3.67. The van der Waals surface area contributed by atoms with Crippen molar-refractivity contribution in [1.29, 1.82) is 0 Å². The molecule has 0 saturated carbocycles. The molecule has 0 atom stereocenters. The third-order valence-electron chi connectivity index (χ3n) is 3.74. The number of hydrogen-bond donors (Lipinski definition) is 1. The maximum absolute atomic E-state index is 13.7. The van der Waals surface area contributed by atoms with Crippen LogP contribution in [-0.4, -0.2) is 25.1 Å². The van der Waals surface area contributed by atoms with E-state index in [0.29, 0.717) is 27.6 Å². The average molecular weight is 372 g/mol. The van der Waals surface area contributed by atoms with Crippen LogP contribution in [0.15, 0.2) is 42.5 Å². The Morgan fingerprint density at radius 1 is 1.12 bits per heavy atom. The molecule has 0 aliphatic heterocycles. The maximum Gasteiger partial charge on any atom is 0.256 e. The molecule has 0 aliphatic rings. The van der Waals surface area contributed by atoms with Gasteiger partial charge in [0.05, 0.1) is 19.2 Å². The van der Waals surface area contributed by atoms with Gasteiger partial charge in [-0.15, -0.1) is 11.3 Å². The van der Waals surface area contributed by atoms with Crippen LogP contribution in [0.3, 0.4) is 0 Å². The second-order valence-corrected chi connectivity index (χ2v) is 6.65. The van der Waals surface area contributed by atoms with Crippen molar-refractivity contribution < 1.29 is 18.7 Å². The number of nitrogens with zero attached hydrogens (tertiary/aromatic N) is 1. The second-order valence-electron chi connectivity index (χ2n) is 5.44. The van der Waals surface area contributed by atoms with Crippen molar-refractivity contribution in [3.05, 3.63) is 58.9 Å². The number of benzene rings is 2. The summed E-state index contributed by atoms with van der Waals surface area (Å²) in [5.74, 6) is 0.0912. The second kappa shape index (κ2) is 7.53. The van der Waals surface area contributed by atoms with E-state index in [-0.39, 0.29) is 11.7 Å². The Kier molecular flexibility index (Phi) is 5.18. The largest absolute Gasteiger partial charge is 0.497 e. The highest BCUT2D eigenvalue weighted by Gasteiger charge is 2.16. The van der Waals surface area contributed by atoms with Gasteiger partial charge in [-0.3, -0.25) is 4.79 Å². The Labute approximate surface area is 154 Å². The fourth-order valence-electron chi connectivity index (χ4n) is 2.43. The number of rotatable bonds is 5. The molecule has 7 heteroatoms. The Hall–Kier alpha value is -2.93. The van der Waals surface area contributed by atoms with Crippen molar-refractivity contribution in [2.24, 2.45) is 0 Å². The van der Waals surface area contributed by atoms with E-state index in [9.17, 15) is 9.18 Å². The van der Waals surface area contributed by atoms with E-state index < -0.39 is 5.82 Å². The molecule has 1 amide bonds. The van der Waals surface area contributed by atoms with Crippen molar-refractivity contribution in [3.63, 3.8) is 0 Å². The molecule has 0 unspecified atom stereocenters. The average Bonchev–Trinajstić information content (AvgIpc) is 3.02. The number of hydrogen-bond acceptors (Lipinski definition) is 5. The van der Waals surface area contributed by atoms with E-state index in [4.69, 9.17) is 9.47 Å². The molecule has 134 valence electrons. The molecule has 1 N–H and O–H groups in total. The minimum absolute atomic E-state index is 0.126. The van der Waals surface area contributed by atoms with Gasteiger partial charge in [0.25, 0.3) is 5.91 Å². The first-order chi connectivity index (χ1) is 12.5. The molecule has 2 aromatic carbocycles. The number of aromatic nitrogens is 1. The van der Waals surface area contributed by atoms with E-state index in [1.165, 1.54) is 24.5 Å². The summed E-state index contributed by atoms with van der Waals surface area (Å²) in [6.07, 6.45) is 0. The van der Waals surface area contributed by atoms with Crippen molar-refractivity contribution in [2.75, 3.05) is 19.5 Å². The fraction of sp³-hybridized carbons (Fsp3) is 0.158. The summed E-state index contributed by atoms with van der Waals surface area (Å²) in [5.41, 5.74) is 1.74. The lowest BCUT2D eigenvalue weighted by atomic mass is 10.1. The molecule has 0 saturated heterocycles. The molecular weight excluding hydrogens is 355 g/mol. The van der Waals surface area contributed by atoms with Gasteiger partial charge in [0.1, 0.15) is 16.4 Å². The van der Waals surface area contributed by atoms with E-state index in [0.717, 1.165) is 5.01 Å². The topological polar surface area (TPSA) is 60.5 Å². The van der Waals surface area contributed by atoms with Crippen molar-refractivity contribution in [1.82, 2.24) is 4.98 Å². The molecule has 0 fully saturated rings. The molecule has 26 heavy (non-hydrogen) atoms. The summed E-state index contributed by atoms with van der Waals surface area (Å²) in [6, 6.07) is 11.3. The first kappa shape index (κ1) is 17.9. The van der Waals surface area contributed by atoms with Crippen molar-refractivity contribution in [2.45, 2.75) is 6.92 Å². The molecule has 1 aromatic heterocycles. The van der Waals surface area contributed by atoms with Gasteiger partial charge in [0.2, 0.25) is 0 Å². The quantitative estimate of drug-likeness (QED) is 0.715. The van der Waals surface area contributed by atoms with Crippen LogP contribution in [0.25, 0.3) is 11.3 Å². The summed E-state index contributed by atoms with van der Waals surface area (Å²) in [6.45, 7) is 1.85. The maximum atomic E-state index is 13.7. The number of carbonyl (C=O) groups is 1. The standard InChI is InChI=1S/C19H17FN2O3S/c1-11-21-17(13-6-9-15(20)16(10-13)25-3)19(26-11)22-18(23)12-4-7-14(24-2)8-5-12/h4-10H,1-3H3,(H,22,23). The third-order valence-corrected chi connectivity index (χ3v) is 4.62. The summed E-state index contributed by atoms with van der Waals surface area (Å²) in [4.78, 5) is 17.0. The van der Waals surface area contributed by atoms with Gasteiger partial charge in [-0.2, -0.15) is 0 Å². The highest BCUT2D eigenvalue weighted by atomic mass is 32.1. The number of nitrogens with one attached hydrogen (secondary N) is 1. The van der Waals surface area contributed by atoms with Crippen LogP contribution in [-0.2, 0) is 0 Å². The number of amides is 1. The monoisotopic (exact) mass is 372 g/mol. The molecule has 0 aliphatic carbocycles. The number of aryl methyl sites for hydroxylation is 1. The van der Waals surface area contributed by atoms with Crippen LogP contribution in [0, 0.1) is 12.7 Å². The van der Waals surface area contributed by atoms with E-state index in [1.54, 1.807) is 43.5 Å². The molecule has 0 spiro atoms. The Balaban J connectivity index is 1.90. The summed E-state index contributed by atoms with van der Waals surface area (Å²) in [7, 11) is 2.97. The van der Waals surface area contributed by atoms with E-state index in [2.05, 4.69) is 10.3 Å². The lowest BCUT2D eigenvalue weighted by molar-refractivity contribution is 0.102. The van der Waals surface area contributed by atoms with Crippen LogP contribution < -0.4 is 14.8 Å². The Bertz CT molecular complexity index is 938. The van der Waals surface area contributed by atoms with Gasteiger partial charge in [-0.05, 0) is 49.4 Å². The Morgan fingerprint density at radius 2 is 1.85 bits per heavy atom. The first-order valence-electron chi connectivity index (χ1n) is 7.78. The summed E-state index contributed by atoms with van der Waals surface area (Å²) in [5, 5.41) is 4.26. The van der Waals surface area contributed by atoms with Crippen LogP contribution in [0.2, 0.25) is 0 Å². The van der Waals surface area contributed by atoms with Gasteiger partial charge >= 0.3 is 0 Å². The van der Waals surface area contributed by atoms with Crippen LogP contribution in [0.5, 0.6) is 11.5 Å². The van der Waals surface area contributed by atoms with E-state index >= 15 is 0 Å². The molecule has 0 radical (unpaired) electrons. The van der Waals surface area contributed by atoms with Gasteiger partial charge < -0.3 is 14.8 Å². The number of methoxy groups -OCH3 is 2. The van der Waals surface area contributed by atoms with Gasteiger partial charge in [-0.25, -0.2) is 9.37 Å². The Morgan fingerprint density at radius 3 is 2.50 bits per heavy atom. The smallest absolute Gasteiger partial charge is 0.256 e. The summed E-state index contributed by atoms with van der Waals surface area (Å²) >= 11 is 1.36. The zero-order valence-corrected chi connectivity index (χ0v) is 15.3. The minimum atomic E-state index is -0.452. The zero-order valence-electron chi connectivity index (χ0n) is 14.5. The number of carbonyl (C=O) groups excluding carboxylic acids is 1. The zero-order chi connectivity index (χ0) is 18.7. The minimum Gasteiger partial charge on any atom is -0.497 e. The van der Waals surface area contributed by atoms with Gasteiger partial charge in [0.15, 0.2) is 11.6 Å². The van der Waals surface area contributed by atoms with Crippen LogP contribution in [0.1, 0.15) is 15.4 Å². The van der Waals surface area contributed by atoms with Gasteiger partial charge in [-0.1, -0.05) is 0 Å². The van der Waals surface area contributed by atoms with Crippen LogP contribution in [0.4, 0.5) is 9.39 Å². The number of anilines is 1.